The average Bonchev–Trinajstić information content (AvgIpc) is 3.85. The van der Waals surface area contributed by atoms with Crippen molar-refractivity contribution in [2.24, 2.45) is 0 Å². The van der Waals surface area contributed by atoms with Crippen LogP contribution in [0.2, 0.25) is 0 Å². The molecule has 270 valence electrons. The van der Waals surface area contributed by atoms with Crippen molar-refractivity contribution in [3.8, 4) is 22.3 Å². The molecule has 10 rings (SSSR count). The lowest BCUT2D eigenvalue weighted by Gasteiger charge is -2.28. The van der Waals surface area contributed by atoms with Gasteiger partial charge in [-0.1, -0.05) is 171 Å². The SMILES string of the molecule is C=C/C=C\c1ccc(-c2ccc(N(c3ccccc3-c3cccc4c3oc3c5ccccc5ccc43)c3cccc4c3sc3ccccc34)cc2)cc1/C=C\C=C. The molecular weight excluding hydrogens is 711 g/mol. The highest BCUT2D eigenvalue weighted by atomic mass is 32.1. The van der Waals surface area contributed by atoms with Crippen molar-refractivity contribution in [2.75, 3.05) is 4.90 Å². The minimum atomic E-state index is 0.888. The van der Waals surface area contributed by atoms with Gasteiger partial charge in [-0.2, -0.15) is 0 Å². The Labute approximate surface area is 335 Å². The summed E-state index contributed by atoms with van der Waals surface area (Å²) in [7, 11) is 0. The van der Waals surface area contributed by atoms with Gasteiger partial charge in [-0.15, -0.1) is 11.3 Å². The molecule has 2 nitrogen and oxygen atoms in total. The molecule has 8 aromatic carbocycles. The number of benzene rings is 8. The second-order valence-electron chi connectivity index (χ2n) is 14.1. The van der Waals surface area contributed by atoms with E-state index in [1.807, 2.05) is 29.6 Å². The predicted octanol–water partition coefficient (Wildman–Crippen LogP) is 16.3. The van der Waals surface area contributed by atoms with E-state index in [9.17, 15) is 0 Å². The zero-order chi connectivity index (χ0) is 38.3. The van der Waals surface area contributed by atoms with Gasteiger partial charge in [0.15, 0.2) is 0 Å². The molecule has 0 unspecified atom stereocenters. The number of hydrogen-bond donors (Lipinski definition) is 0. The Morgan fingerprint density at radius 3 is 1.98 bits per heavy atom. The van der Waals surface area contributed by atoms with E-state index in [1.165, 1.54) is 25.6 Å². The summed E-state index contributed by atoms with van der Waals surface area (Å²) < 4.78 is 9.42. The molecule has 0 spiro atoms. The molecule has 0 aliphatic heterocycles. The molecule has 0 amide bonds. The van der Waals surface area contributed by atoms with Gasteiger partial charge in [-0.3, -0.25) is 0 Å². The van der Waals surface area contributed by atoms with Crippen molar-refractivity contribution < 1.29 is 4.42 Å². The number of furan rings is 1. The zero-order valence-electron chi connectivity index (χ0n) is 31.2. The van der Waals surface area contributed by atoms with Gasteiger partial charge in [0.05, 0.1) is 16.1 Å². The van der Waals surface area contributed by atoms with Crippen LogP contribution < -0.4 is 4.90 Å². The fourth-order valence-electron chi connectivity index (χ4n) is 8.15. The smallest absolute Gasteiger partial charge is 0.143 e. The number of nitrogens with zero attached hydrogens (tertiary/aromatic N) is 1. The molecule has 0 bridgehead atoms. The van der Waals surface area contributed by atoms with Crippen LogP contribution in [0.4, 0.5) is 17.1 Å². The standard InChI is InChI=1S/C54H37NOS/c1-3-5-15-36-27-28-40(35-39(36)16-6-4-2)37-29-32-41(33-30-37)55(50-25-14-23-48-44-20-10-12-26-51(44)57-54(48)50)49-24-11-9-19-43(49)45-21-13-22-46-47-34-31-38-17-7-8-18-42(38)52(47)56-53(45)46/h3-35H,1-2H2/b15-5-,16-6-. The van der Waals surface area contributed by atoms with Crippen molar-refractivity contribution in [3.63, 3.8) is 0 Å². The maximum absolute atomic E-state index is 6.90. The molecule has 2 heterocycles. The Balaban J connectivity index is 1.17. The van der Waals surface area contributed by atoms with Crippen LogP contribution >= 0.6 is 11.3 Å². The van der Waals surface area contributed by atoms with E-state index < -0.39 is 0 Å². The second kappa shape index (κ2) is 14.5. The molecule has 10 aromatic rings. The molecule has 0 saturated heterocycles. The largest absolute Gasteiger partial charge is 0.455 e. The molecule has 0 aliphatic rings. The van der Waals surface area contributed by atoms with Gasteiger partial charge in [0.25, 0.3) is 0 Å². The second-order valence-corrected chi connectivity index (χ2v) is 15.2. The van der Waals surface area contributed by atoms with Gasteiger partial charge in [0.1, 0.15) is 11.2 Å². The lowest BCUT2D eigenvalue weighted by atomic mass is 9.97. The normalized spacial score (nSPS) is 11.9. The fourth-order valence-corrected chi connectivity index (χ4v) is 9.35. The number of allylic oxidation sites excluding steroid dienone is 4. The van der Waals surface area contributed by atoms with Crippen LogP contribution in [0, 0.1) is 0 Å². The predicted molar refractivity (Wildman–Crippen MR) is 248 cm³/mol. The Morgan fingerprint density at radius 1 is 0.474 bits per heavy atom. The third-order valence-corrected chi connectivity index (χ3v) is 12.0. The van der Waals surface area contributed by atoms with Crippen LogP contribution in [0.5, 0.6) is 0 Å². The minimum absolute atomic E-state index is 0.888. The maximum atomic E-state index is 6.90. The van der Waals surface area contributed by atoms with Gasteiger partial charge in [0.2, 0.25) is 0 Å². The molecule has 0 radical (unpaired) electrons. The molecule has 0 saturated carbocycles. The first-order valence-corrected chi connectivity index (χ1v) is 20.0. The van der Waals surface area contributed by atoms with E-state index in [4.69, 9.17) is 4.42 Å². The van der Waals surface area contributed by atoms with Gasteiger partial charge in [-0.25, -0.2) is 0 Å². The van der Waals surface area contributed by atoms with E-state index in [0.717, 1.165) is 77.8 Å². The van der Waals surface area contributed by atoms with E-state index >= 15 is 0 Å². The molecule has 57 heavy (non-hydrogen) atoms. The summed E-state index contributed by atoms with van der Waals surface area (Å²) in [6.07, 6.45) is 11.7. The summed E-state index contributed by atoms with van der Waals surface area (Å²) in [5, 5.41) is 7.05. The van der Waals surface area contributed by atoms with Crippen molar-refractivity contribution in [2.45, 2.75) is 0 Å². The number of fused-ring (bicyclic) bond motifs is 8. The summed E-state index contributed by atoms with van der Waals surface area (Å²) in [5.41, 5.74) is 11.8. The van der Waals surface area contributed by atoms with Gasteiger partial charge in [-0.05, 0) is 70.1 Å². The first-order valence-electron chi connectivity index (χ1n) is 19.2. The highest BCUT2D eigenvalue weighted by Crippen LogP contribution is 2.49. The molecule has 0 aliphatic carbocycles. The summed E-state index contributed by atoms with van der Waals surface area (Å²) >= 11 is 1.84. The fraction of sp³-hybridized carbons (Fsp3) is 0. The zero-order valence-corrected chi connectivity index (χ0v) is 32.0. The number of rotatable bonds is 9. The molecule has 2 aromatic heterocycles. The summed E-state index contributed by atoms with van der Waals surface area (Å²) in [6.45, 7) is 7.74. The summed E-state index contributed by atoms with van der Waals surface area (Å²) in [5.74, 6) is 0. The van der Waals surface area contributed by atoms with Gasteiger partial charge >= 0.3 is 0 Å². The lowest BCUT2D eigenvalue weighted by molar-refractivity contribution is 0.674. The topological polar surface area (TPSA) is 16.4 Å². The number of para-hydroxylation sites is 2. The van der Waals surface area contributed by atoms with Crippen LogP contribution in [-0.4, -0.2) is 0 Å². The van der Waals surface area contributed by atoms with Crippen LogP contribution in [0.3, 0.4) is 0 Å². The Morgan fingerprint density at radius 2 is 1.12 bits per heavy atom. The van der Waals surface area contributed by atoms with Crippen molar-refractivity contribution in [1.82, 2.24) is 0 Å². The van der Waals surface area contributed by atoms with E-state index in [2.05, 4.69) is 194 Å². The Kier molecular flexibility index (Phi) is 8.70. The molecule has 0 fully saturated rings. The van der Waals surface area contributed by atoms with Gasteiger partial charge in [0, 0.05) is 48.4 Å². The van der Waals surface area contributed by atoms with E-state index in [0.29, 0.717) is 0 Å². The quantitative estimate of drug-likeness (QED) is 0.137. The molecule has 3 heteroatoms. The van der Waals surface area contributed by atoms with E-state index in [-0.39, 0.29) is 0 Å². The molecular formula is C54H37NOS. The van der Waals surface area contributed by atoms with Crippen molar-refractivity contribution >= 4 is 93.4 Å². The maximum Gasteiger partial charge on any atom is 0.143 e. The first kappa shape index (κ1) is 34.3. The number of anilines is 3. The van der Waals surface area contributed by atoms with Crippen LogP contribution in [-0.2, 0) is 0 Å². The van der Waals surface area contributed by atoms with Crippen LogP contribution in [0.15, 0.2) is 206 Å². The monoisotopic (exact) mass is 747 g/mol. The highest BCUT2D eigenvalue weighted by Gasteiger charge is 2.23. The van der Waals surface area contributed by atoms with E-state index in [1.54, 1.807) is 6.08 Å². The van der Waals surface area contributed by atoms with Crippen LogP contribution in [0.25, 0.3) is 87.3 Å². The first-order chi connectivity index (χ1) is 28.2. The van der Waals surface area contributed by atoms with Crippen molar-refractivity contribution in [1.29, 1.82) is 0 Å². The average molecular weight is 748 g/mol. The van der Waals surface area contributed by atoms with Crippen LogP contribution in [0.1, 0.15) is 11.1 Å². The number of thiophene rings is 1. The highest BCUT2D eigenvalue weighted by molar-refractivity contribution is 7.26. The summed E-state index contributed by atoms with van der Waals surface area (Å²) in [4.78, 5) is 2.43. The third kappa shape index (κ3) is 5.97. The summed E-state index contributed by atoms with van der Waals surface area (Å²) in [6, 6.07) is 59.0. The lowest BCUT2D eigenvalue weighted by Crippen LogP contribution is -2.11. The Hall–Kier alpha value is -7.20. The Bertz CT molecular complexity index is 3230. The van der Waals surface area contributed by atoms with Gasteiger partial charge < -0.3 is 9.32 Å². The molecule has 0 N–H and O–H groups in total. The third-order valence-electron chi connectivity index (χ3n) is 10.8. The molecule has 0 atom stereocenters. The number of hydrogen-bond acceptors (Lipinski definition) is 3. The minimum Gasteiger partial charge on any atom is -0.455 e. The van der Waals surface area contributed by atoms with Crippen molar-refractivity contribution in [3.05, 3.63) is 212 Å².